The van der Waals surface area contributed by atoms with Crippen molar-refractivity contribution in [2.45, 2.75) is 46.2 Å². The van der Waals surface area contributed by atoms with E-state index in [1.54, 1.807) is 4.90 Å². The van der Waals surface area contributed by atoms with Crippen molar-refractivity contribution in [2.75, 3.05) is 0 Å². The SMILES string of the molecule is Cc1ccc(-c2noc(CN(C(=O)CCc3ccccc3)C(C)C)n2)cc1. The van der Waals surface area contributed by atoms with Crippen molar-refractivity contribution in [1.29, 1.82) is 0 Å². The third-order valence-corrected chi connectivity index (χ3v) is 4.50. The molecule has 0 atom stereocenters. The van der Waals surface area contributed by atoms with Gasteiger partial charge in [0.25, 0.3) is 0 Å². The van der Waals surface area contributed by atoms with Crippen molar-refractivity contribution >= 4 is 5.91 Å². The standard InChI is InChI=1S/C22H25N3O2/c1-16(2)25(21(26)14-11-18-7-5-4-6-8-18)15-20-23-22(24-27-20)19-12-9-17(3)10-13-19/h4-10,12-13,16H,11,14-15H2,1-3H3. The molecule has 1 heterocycles. The number of amides is 1. The van der Waals surface area contributed by atoms with Gasteiger partial charge in [-0.2, -0.15) is 4.98 Å². The van der Waals surface area contributed by atoms with Crippen molar-refractivity contribution in [3.8, 4) is 11.4 Å². The van der Waals surface area contributed by atoms with Gasteiger partial charge in [-0.15, -0.1) is 0 Å². The highest BCUT2D eigenvalue weighted by Gasteiger charge is 2.20. The first-order valence-corrected chi connectivity index (χ1v) is 9.26. The van der Waals surface area contributed by atoms with Crippen LogP contribution in [0.3, 0.4) is 0 Å². The second kappa shape index (κ2) is 8.62. The molecule has 0 unspecified atom stereocenters. The molecule has 1 amide bonds. The predicted molar refractivity (Wildman–Crippen MR) is 105 cm³/mol. The number of benzene rings is 2. The molecule has 0 fully saturated rings. The first-order valence-electron chi connectivity index (χ1n) is 9.26. The zero-order valence-electron chi connectivity index (χ0n) is 16.1. The van der Waals surface area contributed by atoms with E-state index < -0.39 is 0 Å². The minimum Gasteiger partial charge on any atom is -0.337 e. The second-order valence-electron chi connectivity index (χ2n) is 6.98. The van der Waals surface area contributed by atoms with Crippen molar-refractivity contribution in [1.82, 2.24) is 15.0 Å². The van der Waals surface area contributed by atoms with E-state index in [0.29, 0.717) is 24.7 Å². The van der Waals surface area contributed by atoms with Crippen LogP contribution in [0.15, 0.2) is 59.1 Å². The van der Waals surface area contributed by atoms with Crippen LogP contribution in [0, 0.1) is 6.92 Å². The molecule has 140 valence electrons. The smallest absolute Gasteiger partial charge is 0.246 e. The number of carbonyl (C=O) groups is 1. The van der Waals surface area contributed by atoms with E-state index in [4.69, 9.17) is 4.52 Å². The van der Waals surface area contributed by atoms with Gasteiger partial charge < -0.3 is 9.42 Å². The molecular formula is C22H25N3O2. The highest BCUT2D eigenvalue weighted by molar-refractivity contribution is 5.76. The monoisotopic (exact) mass is 363 g/mol. The maximum Gasteiger partial charge on any atom is 0.246 e. The molecule has 0 aliphatic carbocycles. The summed E-state index contributed by atoms with van der Waals surface area (Å²) in [5.74, 6) is 1.08. The lowest BCUT2D eigenvalue weighted by Crippen LogP contribution is -2.36. The Hall–Kier alpha value is -2.95. The van der Waals surface area contributed by atoms with Gasteiger partial charge in [-0.05, 0) is 32.8 Å². The number of nitrogens with zero attached hydrogens (tertiary/aromatic N) is 3. The number of aryl methyl sites for hydroxylation is 2. The Morgan fingerprint density at radius 1 is 1.07 bits per heavy atom. The fourth-order valence-electron chi connectivity index (χ4n) is 2.88. The molecule has 5 heteroatoms. The van der Waals surface area contributed by atoms with Crippen LogP contribution in [-0.2, 0) is 17.8 Å². The average molecular weight is 363 g/mol. The first-order chi connectivity index (χ1) is 13.0. The van der Waals surface area contributed by atoms with Crippen LogP contribution in [0.1, 0.15) is 37.3 Å². The fraction of sp³-hybridized carbons (Fsp3) is 0.318. The molecule has 0 saturated heterocycles. The largest absolute Gasteiger partial charge is 0.337 e. The summed E-state index contributed by atoms with van der Waals surface area (Å²) < 4.78 is 5.39. The minimum atomic E-state index is 0.0583. The van der Waals surface area contributed by atoms with Gasteiger partial charge in [0.15, 0.2) is 0 Å². The van der Waals surface area contributed by atoms with E-state index >= 15 is 0 Å². The first kappa shape index (κ1) is 18.8. The van der Waals surface area contributed by atoms with Crippen molar-refractivity contribution in [2.24, 2.45) is 0 Å². The number of rotatable bonds is 7. The lowest BCUT2D eigenvalue weighted by atomic mass is 10.1. The van der Waals surface area contributed by atoms with Gasteiger partial charge in [0.1, 0.15) is 6.54 Å². The molecule has 0 aliphatic rings. The third kappa shape index (κ3) is 5.03. The van der Waals surface area contributed by atoms with Crippen LogP contribution in [-0.4, -0.2) is 27.0 Å². The van der Waals surface area contributed by atoms with Crippen LogP contribution in [0.5, 0.6) is 0 Å². The van der Waals surface area contributed by atoms with Gasteiger partial charge in [-0.25, -0.2) is 0 Å². The highest BCUT2D eigenvalue weighted by Crippen LogP contribution is 2.18. The second-order valence-corrected chi connectivity index (χ2v) is 6.98. The normalized spacial score (nSPS) is 11.0. The average Bonchev–Trinajstić information content (AvgIpc) is 3.14. The molecule has 0 saturated carbocycles. The molecular weight excluding hydrogens is 338 g/mol. The fourth-order valence-corrected chi connectivity index (χ4v) is 2.88. The molecule has 1 aromatic heterocycles. The molecule has 0 N–H and O–H groups in total. The van der Waals surface area contributed by atoms with Gasteiger partial charge in [-0.3, -0.25) is 4.79 Å². The van der Waals surface area contributed by atoms with Crippen LogP contribution in [0.4, 0.5) is 0 Å². The molecule has 0 spiro atoms. The summed E-state index contributed by atoms with van der Waals surface area (Å²) in [7, 11) is 0. The van der Waals surface area contributed by atoms with Crippen LogP contribution >= 0.6 is 0 Å². The van der Waals surface area contributed by atoms with Gasteiger partial charge in [0, 0.05) is 18.0 Å². The molecule has 2 aromatic carbocycles. The molecule has 0 bridgehead atoms. The Morgan fingerprint density at radius 2 is 1.78 bits per heavy atom. The summed E-state index contributed by atoms with van der Waals surface area (Å²) in [5, 5.41) is 4.06. The Morgan fingerprint density at radius 3 is 2.44 bits per heavy atom. The maximum atomic E-state index is 12.7. The molecule has 5 nitrogen and oxygen atoms in total. The number of hydrogen-bond acceptors (Lipinski definition) is 4. The molecule has 0 aliphatic heterocycles. The summed E-state index contributed by atoms with van der Waals surface area (Å²) in [6.07, 6.45) is 1.18. The van der Waals surface area contributed by atoms with Crippen molar-refractivity contribution in [3.63, 3.8) is 0 Å². The predicted octanol–water partition coefficient (Wildman–Crippen LogP) is 4.41. The van der Waals surface area contributed by atoms with Crippen molar-refractivity contribution < 1.29 is 9.32 Å². The number of carbonyl (C=O) groups excluding carboxylic acids is 1. The summed E-state index contributed by atoms with van der Waals surface area (Å²) in [6, 6.07) is 18.1. The maximum absolute atomic E-state index is 12.7. The van der Waals surface area contributed by atoms with E-state index in [0.717, 1.165) is 17.5 Å². The van der Waals surface area contributed by atoms with E-state index in [1.165, 1.54) is 5.56 Å². The van der Waals surface area contributed by atoms with Gasteiger partial charge in [0.05, 0.1) is 0 Å². The topological polar surface area (TPSA) is 59.2 Å². The number of aromatic nitrogens is 2. The minimum absolute atomic E-state index is 0.0583. The Labute approximate surface area is 160 Å². The Bertz CT molecular complexity index is 870. The zero-order chi connectivity index (χ0) is 19.2. The summed E-state index contributed by atoms with van der Waals surface area (Å²) in [6.45, 7) is 6.35. The Balaban J connectivity index is 1.65. The van der Waals surface area contributed by atoms with E-state index in [1.807, 2.05) is 75.4 Å². The van der Waals surface area contributed by atoms with Gasteiger partial charge in [-0.1, -0.05) is 65.3 Å². The number of hydrogen-bond donors (Lipinski definition) is 0. The van der Waals surface area contributed by atoms with E-state index in [2.05, 4.69) is 10.1 Å². The molecule has 3 rings (SSSR count). The molecule has 3 aromatic rings. The quantitative estimate of drug-likeness (QED) is 0.624. The van der Waals surface area contributed by atoms with Crippen LogP contribution < -0.4 is 0 Å². The highest BCUT2D eigenvalue weighted by atomic mass is 16.5. The molecule has 0 radical (unpaired) electrons. The summed E-state index contributed by atoms with van der Waals surface area (Å²) >= 11 is 0. The van der Waals surface area contributed by atoms with Crippen LogP contribution in [0.2, 0.25) is 0 Å². The van der Waals surface area contributed by atoms with E-state index in [9.17, 15) is 4.79 Å². The van der Waals surface area contributed by atoms with Crippen molar-refractivity contribution in [3.05, 3.63) is 71.6 Å². The lowest BCUT2D eigenvalue weighted by molar-refractivity contribution is -0.133. The third-order valence-electron chi connectivity index (χ3n) is 4.50. The van der Waals surface area contributed by atoms with Gasteiger partial charge >= 0.3 is 0 Å². The van der Waals surface area contributed by atoms with E-state index in [-0.39, 0.29) is 11.9 Å². The zero-order valence-corrected chi connectivity index (χ0v) is 16.1. The molecule has 27 heavy (non-hydrogen) atoms. The van der Waals surface area contributed by atoms with Crippen LogP contribution in [0.25, 0.3) is 11.4 Å². The Kier molecular flexibility index (Phi) is 6.01. The summed E-state index contributed by atoms with van der Waals surface area (Å²) in [4.78, 5) is 19.0. The summed E-state index contributed by atoms with van der Waals surface area (Å²) in [5.41, 5.74) is 3.24. The van der Waals surface area contributed by atoms with Gasteiger partial charge in [0.2, 0.25) is 17.6 Å². The lowest BCUT2D eigenvalue weighted by Gasteiger charge is -2.25.